The van der Waals surface area contributed by atoms with Gasteiger partial charge in [-0.1, -0.05) is 26.8 Å². The number of hydrogen-bond acceptors (Lipinski definition) is 3. The fraction of sp³-hybridized carbons (Fsp3) is 0.385. The van der Waals surface area contributed by atoms with E-state index in [9.17, 15) is 4.79 Å². The van der Waals surface area contributed by atoms with Crippen molar-refractivity contribution in [1.29, 1.82) is 0 Å². The van der Waals surface area contributed by atoms with E-state index in [1.807, 2.05) is 6.07 Å². The predicted octanol–water partition coefficient (Wildman–Crippen LogP) is 2.42. The van der Waals surface area contributed by atoms with Crippen molar-refractivity contribution in [1.82, 2.24) is 9.38 Å². The van der Waals surface area contributed by atoms with Crippen LogP contribution in [0.1, 0.15) is 36.8 Å². The highest BCUT2D eigenvalue weighted by atomic mass is 16.5. The second kappa shape index (κ2) is 3.87. The van der Waals surface area contributed by atoms with Gasteiger partial charge in [0.15, 0.2) is 0 Å². The second-order valence-corrected chi connectivity index (χ2v) is 4.99. The minimum absolute atomic E-state index is 0.0126. The highest BCUT2D eigenvalue weighted by molar-refractivity contribution is 5.88. The summed E-state index contributed by atoms with van der Waals surface area (Å²) in [5.41, 5.74) is 2.39. The van der Waals surface area contributed by atoms with Crippen molar-refractivity contribution < 1.29 is 9.53 Å². The van der Waals surface area contributed by atoms with Crippen LogP contribution in [0.3, 0.4) is 0 Å². The molecule has 0 atom stereocenters. The molecule has 17 heavy (non-hydrogen) atoms. The van der Waals surface area contributed by atoms with Crippen LogP contribution in [0.5, 0.6) is 0 Å². The molecule has 0 bridgehead atoms. The molecule has 0 fully saturated rings. The molecule has 0 aliphatic rings. The first-order valence-corrected chi connectivity index (χ1v) is 5.50. The van der Waals surface area contributed by atoms with Gasteiger partial charge in [-0.3, -0.25) is 4.40 Å². The van der Waals surface area contributed by atoms with Gasteiger partial charge in [0, 0.05) is 18.0 Å². The monoisotopic (exact) mass is 232 g/mol. The number of rotatable bonds is 1. The number of carbonyl (C=O) groups is 1. The van der Waals surface area contributed by atoms with Gasteiger partial charge in [0.1, 0.15) is 11.3 Å². The van der Waals surface area contributed by atoms with E-state index in [-0.39, 0.29) is 11.4 Å². The molecule has 90 valence electrons. The molecule has 0 N–H and O–H groups in total. The quantitative estimate of drug-likeness (QED) is 0.709. The lowest BCUT2D eigenvalue weighted by Gasteiger charge is -2.20. The van der Waals surface area contributed by atoms with E-state index >= 15 is 0 Å². The molecule has 0 unspecified atom stereocenters. The number of imidazole rings is 1. The van der Waals surface area contributed by atoms with E-state index in [4.69, 9.17) is 4.74 Å². The third kappa shape index (κ3) is 1.90. The van der Waals surface area contributed by atoms with E-state index in [0.29, 0.717) is 5.69 Å². The van der Waals surface area contributed by atoms with E-state index in [0.717, 1.165) is 11.2 Å². The Balaban J connectivity index is 2.71. The van der Waals surface area contributed by atoms with Gasteiger partial charge < -0.3 is 4.74 Å². The summed E-state index contributed by atoms with van der Waals surface area (Å²) in [4.78, 5) is 15.9. The van der Waals surface area contributed by atoms with E-state index in [1.54, 1.807) is 22.9 Å². The van der Waals surface area contributed by atoms with Gasteiger partial charge in [-0.25, -0.2) is 9.78 Å². The normalized spacial score (nSPS) is 11.8. The van der Waals surface area contributed by atoms with Crippen LogP contribution in [-0.4, -0.2) is 22.5 Å². The first-order chi connectivity index (χ1) is 7.95. The van der Waals surface area contributed by atoms with E-state index in [2.05, 4.69) is 25.8 Å². The average Bonchev–Trinajstić information content (AvgIpc) is 2.73. The van der Waals surface area contributed by atoms with Crippen LogP contribution in [0.25, 0.3) is 5.65 Å². The summed E-state index contributed by atoms with van der Waals surface area (Å²) >= 11 is 0. The number of fused-ring (bicyclic) bond motifs is 1. The number of hydrogen-bond donors (Lipinski definition) is 0. The maximum atomic E-state index is 11.6. The third-order valence-electron chi connectivity index (χ3n) is 2.75. The molecule has 0 saturated carbocycles. The number of aromatic nitrogens is 2. The Labute approximate surface area is 100 Å². The summed E-state index contributed by atoms with van der Waals surface area (Å²) in [5.74, 6) is -0.353. The minimum Gasteiger partial charge on any atom is -0.464 e. The summed E-state index contributed by atoms with van der Waals surface area (Å²) in [6.45, 7) is 6.36. The maximum Gasteiger partial charge on any atom is 0.355 e. The van der Waals surface area contributed by atoms with Crippen molar-refractivity contribution in [2.45, 2.75) is 26.2 Å². The topological polar surface area (TPSA) is 43.6 Å². The molecule has 4 nitrogen and oxygen atoms in total. The van der Waals surface area contributed by atoms with Crippen LogP contribution in [0.15, 0.2) is 24.5 Å². The smallest absolute Gasteiger partial charge is 0.355 e. The first-order valence-electron chi connectivity index (χ1n) is 5.50. The zero-order valence-corrected chi connectivity index (χ0v) is 10.5. The van der Waals surface area contributed by atoms with Crippen LogP contribution < -0.4 is 0 Å². The van der Waals surface area contributed by atoms with Crippen molar-refractivity contribution in [3.8, 4) is 0 Å². The standard InChI is InChI=1S/C13H16N2O2/c1-13(2,3)9-5-6-10(12(16)17-4)15-8-7-14-11(9)15/h5-8H,1-4H3. The van der Waals surface area contributed by atoms with Gasteiger partial charge in [0.2, 0.25) is 0 Å². The zero-order chi connectivity index (χ0) is 12.6. The Morgan fingerprint density at radius 3 is 2.65 bits per heavy atom. The molecule has 0 aliphatic carbocycles. The molecular weight excluding hydrogens is 216 g/mol. The molecule has 0 spiro atoms. The largest absolute Gasteiger partial charge is 0.464 e. The molecule has 0 radical (unpaired) electrons. The molecule has 2 rings (SSSR count). The lowest BCUT2D eigenvalue weighted by atomic mass is 9.87. The molecule has 2 heterocycles. The predicted molar refractivity (Wildman–Crippen MR) is 65.2 cm³/mol. The van der Waals surface area contributed by atoms with Crippen LogP contribution in [0, 0.1) is 0 Å². The molecule has 0 saturated heterocycles. The van der Waals surface area contributed by atoms with Gasteiger partial charge in [-0.2, -0.15) is 0 Å². The third-order valence-corrected chi connectivity index (χ3v) is 2.75. The Morgan fingerprint density at radius 1 is 1.35 bits per heavy atom. The number of pyridine rings is 1. The number of methoxy groups -OCH3 is 1. The van der Waals surface area contributed by atoms with Gasteiger partial charge >= 0.3 is 5.97 Å². The van der Waals surface area contributed by atoms with Crippen molar-refractivity contribution in [3.05, 3.63) is 35.8 Å². The van der Waals surface area contributed by atoms with Crippen LogP contribution in [0.2, 0.25) is 0 Å². The summed E-state index contributed by atoms with van der Waals surface area (Å²) < 4.78 is 6.52. The average molecular weight is 232 g/mol. The van der Waals surface area contributed by atoms with Gasteiger partial charge in [-0.15, -0.1) is 0 Å². The lowest BCUT2D eigenvalue weighted by Crippen LogP contribution is -2.16. The van der Waals surface area contributed by atoms with Crippen LogP contribution in [-0.2, 0) is 10.2 Å². The second-order valence-electron chi connectivity index (χ2n) is 4.99. The summed E-state index contributed by atoms with van der Waals surface area (Å²) in [6.07, 6.45) is 3.47. The SMILES string of the molecule is COC(=O)c1ccc(C(C)(C)C)c2nccn12. The number of carbonyl (C=O) groups excluding carboxylic acids is 1. The van der Waals surface area contributed by atoms with Crippen molar-refractivity contribution >= 4 is 11.6 Å². The molecule has 0 aromatic carbocycles. The molecule has 2 aromatic rings. The van der Waals surface area contributed by atoms with E-state index in [1.165, 1.54) is 7.11 Å². The van der Waals surface area contributed by atoms with Crippen LogP contribution >= 0.6 is 0 Å². The number of nitrogens with zero attached hydrogens (tertiary/aromatic N) is 2. The Hall–Kier alpha value is -1.84. The molecule has 0 amide bonds. The van der Waals surface area contributed by atoms with Gasteiger partial charge in [0.25, 0.3) is 0 Å². The Morgan fingerprint density at radius 2 is 2.06 bits per heavy atom. The molecular formula is C13H16N2O2. The highest BCUT2D eigenvalue weighted by Gasteiger charge is 2.21. The highest BCUT2D eigenvalue weighted by Crippen LogP contribution is 2.26. The first kappa shape index (κ1) is 11.6. The minimum atomic E-state index is -0.353. The van der Waals surface area contributed by atoms with Crippen molar-refractivity contribution in [2.75, 3.05) is 7.11 Å². The van der Waals surface area contributed by atoms with Crippen molar-refractivity contribution in [3.63, 3.8) is 0 Å². The number of esters is 1. The number of ether oxygens (including phenoxy) is 1. The molecule has 4 heteroatoms. The maximum absolute atomic E-state index is 11.6. The van der Waals surface area contributed by atoms with E-state index < -0.39 is 0 Å². The fourth-order valence-corrected chi connectivity index (χ4v) is 1.87. The summed E-state index contributed by atoms with van der Waals surface area (Å²) in [5, 5.41) is 0. The lowest BCUT2D eigenvalue weighted by molar-refractivity contribution is 0.0592. The summed E-state index contributed by atoms with van der Waals surface area (Å²) in [6, 6.07) is 3.72. The van der Waals surface area contributed by atoms with Gasteiger partial charge in [-0.05, 0) is 11.5 Å². The fourth-order valence-electron chi connectivity index (χ4n) is 1.87. The van der Waals surface area contributed by atoms with Gasteiger partial charge in [0.05, 0.1) is 7.11 Å². The molecule has 0 aliphatic heterocycles. The summed E-state index contributed by atoms with van der Waals surface area (Å²) in [7, 11) is 1.38. The zero-order valence-electron chi connectivity index (χ0n) is 10.5. The Kier molecular flexibility index (Phi) is 2.65. The van der Waals surface area contributed by atoms with Crippen molar-refractivity contribution in [2.24, 2.45) is 0 Å². The molecule has 2 aromatic heterocycles. The Bertz CT molecular complexity index is 564. The van der Waals surface area contributed by atoms with Crippen LogP contribution in [0.4, 0.5) is 0 Å².